The van der Waals surface area contributed by atoms with Crippen molar-refractivity contribution in [1.29, 1.82) is 0 Å². The van der Waals surface area contributed by atoms with Gasteiger partial charge in [-0.1, -0.05) is 29.3 Å². The van der Waals surface area contributed by atoms with Gasteiger partial charge in [0.25, 0.3) is 0 Å². The maximum atomic E-state index is 6.02. The molecule has 5 heteroatoms. The minimum Gasteiger partial charge on any atom is -0.487 e. The number of rotatable bonds is 4. The third-order valence-electron chi connectivity index (χ3n) is 2.40. The summed E-state index contributed by atoms with van der Waals surface area (Å²) in [7, 11) is 1.82. The average Bonchev–Trinajstić information content (AvgIpc) is 2.40. The quantitative estimate of drug-likeness (QED) is 0.920. The highest BCUT2D eigenvalue weighted by Crippen LogP contribution is 2.28. The van der Waals surface area contributed by atoms with Gasteiger partial charge in [-0.2, -0.15) is 0 Å². The third-order valence-corrected chi connectivity index (χ3v) is 2.95. The van der Waals surface area contributed by atoms with Crippen molar-refractivity contribution in [3.8, 4) is 5.75 Å². The number of hydrogen-bond donors (Lipinski definition) is 1. The first kappa shape index (κ1) is 13.0. The van der Waals surface area contributed by atoms with E-state index in [2.05, 4.69) is 10.3 Å². The monoisotopic (exact) mass is 282 g/mol. The van der Waals surface area contributed by atoms with Crippen LogP contribution in [0.1, 0.15) is 5.56 Å². The second-order valence-corrected chi connectivity index (χ2v) is 4.47. The Morgan fingerprint density at radius 3 is 2.89 bits per heavy atom. The molecule has 0 aliphatic heterocycles. The molecule has 0 bridgehead atoms. The Hall–Kier alpha value is -1.45. The fourth-order valence-electron chi connectivity index (χ4n) is 1.52. The van der Waals surface area contributed by atoms with Crippen LogP contribution in [0.15, 0.2) is 36.5 Å². The molecule has 2 rings (SSSR count). The zero-order chi connectivity index (χ0) is 13.0. The summed E-state index contributed by atoms with van der Waals surface area (Å²) in [6.07, 6.45) is 1.72. The van der Waals surface area contributed by atoms with Crippen LogP contribution in [0.4, 0.5) is 5.82 Å². The minimum atomic E-state index is 0.379. The lowest BCUT2D eigenvalue weighted by molar-refractivity contribution is 0.306. The molecule has 18 heavy (non-hydrogen) atoms. The molecule has 1 heterocycles. The number of nitrogens with one attached hydrogen (secondary N) is 1. The topological polar surface area (TPSA) is 34.2 Å². The van der Waals surface area contributed by atoms with Gasteiger partial charge in [0.05, 0.1) is 5.02 Å². The lowest BCUT2D eigenvalue weighted by Crippen LogP contribution is -2.02. The number of aromatic nitrogens is 1. The van der Waals surface area contributed by atoms with Crippen LogP contribution >= 0.6 is 23.2 Å². The van der Waals surface area contributed by atoms with Crippen LogP contribution in [-0.2, 0) is 6.61 Å². The van der Waals surface area contributed by atoms with Gasteiger partial charge < -0.3 is 10.1 Å². The molecule has 0 aliphatic rings. The number of anilines is 1. The predicted octanol–water partition coefficient (Wildman–Crippen LogP) is 4.01. The lowest BCUT2D eigenvalue weighted by atomic mass is 10.2. The Balaban J connectivity index is 2.14. The first-order chi connectivity index (χ1) is 8.70. The summed E-state index contributed by atoms with van der Waals surface area (Å²) in [6, 6.07) is 8.93. The fraction of sp³-hybridized carbons (Fsp3) is 0.154. The van der Waals surface area contributed by atoms with E-state index in [0.717, 1.165) is 11.4 Å². The summed E-state index contributed by atoms with van der Waals surface area (Å²) in [5, 5.41) is 4.14. The van der Waals surface area contributed by atoms with Crippen molar-refractivity contribution < 1.29 is 4.74 Å². The zero-order valence-electron chi connectivity index (χ0n) is 9.78. The molecule has 94 valence electrons. The van der Waals surface area contributed by atoms with E-state index in [-0.39, 0.29) is 0 Å². The first-order valence-corrected chi connectivity index (χ1v) is 6.16. The molecule has 0 saturated carbocycles. The maximum absolute atomic E-state index is 6.02. The standard InChI is InChI=1S/C13H12Cl2N2O/c1-16-13-9(3-2-6-17-13)8-18-12-7-10(14)4-5-11(12)15/h2-7H,8H2,1H3,(H,16,17). The Bertz CT molecular complexity index is 546. The van der Waals surface area contributed by atoms with Crippen LogP contribution in [0.5, 0.6) is 5.75 Å². The summed E-state index contributed by atoms with van der Waals surface area (Å²) in [5.74, 6) is 1.35. The van der Waals surface area contributed by atoms with Gasteiger partial charge in [0.15, 0.2) is 0 Å². The largest absolute Gasteiger partial charge is 0.487 e. The van der Waals surface area contributed by atoms with Crippen molar-refractivity contribution >= 4 is 29.0 Å². The highest BCUT2D eigenvalue weighted by Gasteiger charge is 2.05. The predicted molar refractivity (Wildman–Crippen MR) is 74.6 cm³/mol. The van der Waals surface area contributed by atoms with E-state index in [0.29, 0.717) is 22.4 Å². The second kappa shape index (κ2) is 5.94. The van der Waals surface area contributed by atoms with Crippen molar-refractivity contribution in [2.75, 3.05) is 12.4 Å². The van der Waals surface area contributed by atoms with Crippen LogP contribution in [0.2, 0.25) is 10.0 Å². The van der Waals surface area contributed by atoms with Crippen LogP contribution in [0.25, 0.3) is 0 Å². The van der Waals surface area contributed by atoms with Gasteiger partial charge in [-0.05, 0) is 18.2 Å². The average molecular weight is 283 g/mol. The lowest BCUT2D eigenvalue weighted by Gasteiger charge is -2.11. The molecule has 2 aromatic rings. The normalized spacial score (nSPS) is 10.2. The SMILES string of the molecule is CNc1ncccc1COc1cc(Cl)ccc1Cl. The number of ether oxygens (including phenoxy) is 1. The molecule has 0 aliphatic carbocycles. The Kier molecular flexibility index (Phi) is 4.28. The van der Waals surface area contributed by atoms with E-state index < -0.39 is 0 Å². The van der Waals surface area contributed by atoms with Gasteiger partial charge >= 0.3 is 0 Å². The molecule has 1 aromatic carbocycles. The van der Waals surface area contributed by atoms with Crippen molar-refractivity contribution in [2.24, 2.45) is 0 Å². The maximum Gasteiger partial charge on any atom is 0.139 e. The summed E-state index contributed by atoms with van der Waals surface area (Å²) < 4.78 is 5.65. The molecule has 0 unspecified atom stereocenters. The number of hydrogen-bond acceptors (Lipinski definition) is 3. The van der Waals surface area contributed by atoms with E-state index in [9.17, 15) is 0 Å². The molecule has 0 fully saturated rings. The van der Waals surface area contributed by atoms with Crippen LogP contribution in [0, 0.1) is 0 Å². The number of nitrogens with zero attached hydrogens (tertiary/aromatic N) is 1. The molecular formula is C13H12Cl2N2O. The van der Waals surface area contributed by atoms with E-state index >= 15 is 0 Å². The van der Waals surface area contributed by atoms with Gasteiger partial charge in [-0.25, -0.2) is 4.98 Å². The van der Waals surface area contributed by atoms with Crippen LogP contribution < -0.4 is 10.1 Å². The minimum absolute atomic E-state index is 0.379. The highest BCUT2D eigenvalue weighted by atomic mass is 35.5. The molecule has 1 aromatic heterocycles. The van der Waals surface area contributed by atoms with Gasteiger partial charge in [0, 0.05) is 29.9 Å². The van der Waals surface area contributed by atoms with Crippen molar-refractivity contribution in [3.05, 3.63) is 52.1 Å². The summed E-state index contributed by atoms with van der Waals surface area (Å²) in [6.45, 7) is 0.379. The Morgan fingerprint density at radius 1 is 1.28 bits per heavy atom. The molecule has 0 atom stereocenters. The van der Waals surface area contributed by atoms with E-state index in [1.807, 2.05) is 19.2 Å². The number of pyridine rings is 1. The molecule has 0 saturated heterocycles. The zero-order valence-corrected chi connectivity index (χ0v) is 11.3. The van der Waals surface area contributed by atoms with Crippen LogP contribution in [-0.4, -0.2) is 12.0 Å². The molecule has 1 N–H and O–H groups in total. The highest BCUT2D eigenvalue weighted by molar-refractivity contribution is 6.34. The van der Waals surface area contributed by atoms with E-state index in [1.54, 1.807) is 24.4 Å². The molecule has 3 nitrogen and oxygen atoms in total. The summed E-state index contributed by atoms with van der Waals surface area (Å²) in [4.78, 5) is 4.20. The molecule has 0 amide bonds. The molecule has 0 spiro atoms. The van der Waals surface area contributed by atoms with E-state index in [1.165, 1.54) is 0 Å². The van der Waals surface area contributed by atoms with Crippen molar-refractivity contribution in [1.82, 2.24) is 4.98 Å². The smallest absolute Gasteiger partial charge is 0.139 e. The third kappa shape index (κ3) is 3.06. The summed E-state index contributed by atoms with van der Waals surface area (Å²) in [5.41, 5.74) is 0.955. The molecule has 0 radical (unpaired) electrons. The van der Waals surface area contributed by atoms with Gasteiger partial charge in [-0.15, -0.1) is 0 Å². The molecular weight excluding hydrogens is 271 g/mol. The summed E-state index contributed by atoms with van der Waals surface area (Å²) >= 11 is 11.9. The van der Waals surface area contributed by atoms with Gasteiger partial charge in [-0.3, -0.25) is 0 Å². The van der Waals surface area contributed by atoms with Gasteiger partial charge in [0.2, 0.25) is 0 Å². The van der Waals surface area contributed by atoms with Crippen LogP contribution in [0.3, 0.4) is 0 Å². The van der Waals surface area contributed by atoms with E-state index in [4.69, 9.17) is 27.9 Å². The Morgan fingerprint density at radius 2 is 2.11 bits per heavy atom. The second-order valence-electron chi connectivity index (χ2n) is 3.62. The van der Waals surface area contributed by atoms with Gasteiger partial charge in [0.1, 0.15) is 18.2 Å². The number of halogens is 2. The Labute approximate surface area is 116 Å². The fourth-order valence-corrected chi connectivity index (χ4v) is 1.86. The van der Waals surface area contributed by atoms with Crippen molar-refractivity contribution in [2.45, 2.75) is 6.61 Å². The van der Waals surface area contributed by atoms with Crippen molar-refractivity contribution in [3.63, 3.8) is 0 Å². The first-order valence-electron chi connectivity index (χ1n) is 5.40. The number of benzene rings is 1.